The van der Waals surface area contributed by atoms with Crippen LogP contribution in [0.25, 0.3) is 0 Å². The second kappa shape index (κ2) is 10.4. The number of hydrogen-bond acceptors (Lipinski definition) is 7. The zero-order valence-corrected chi connectivity index (χ0v) is 18.2. The van der Waals surface area contributed by atoms with Crippen molar-refractivity contribution in [2.75, 3.05) is 13.2 Å². The molecule has 0 amide bonds. The summed E-state index contributed by atoms with van der Waals surface area (Å²) in [6, 6.07) is 12.3. The minimum Gasteiger partial charge on any atom is -0.491 e. The van der Waals surface area contributed by atoms with Crippen molar-refractivity contribution in [2.45, 2.75) is 37.7 Å². The molecule has 2 aromatic carbocycles. The number of rotatable bonds is 12. The quantitative estimate of drug-likeness (QED) is 0.279. The van der Waals surface area contributed by atoms with E-state index in [0.29, 0.717) is 25.1 Å². The van der Waals surface area contributed by atoms with E-state index in [1.54, 1.807) is 18.2 Å². The van der Waals surface area contributed by atoms with Gasteiger partial charge in [0.05, 0.1) is 0 Å². The van der Waals surface area contributed by atoms with E-state index in [4.69, 9.17) is 14.2 Å². The van der Waals surface area contributed by atoms with E-state index >= 15 is 0 Å². The standard InChI is InChI=1S/C24H27NO8/c1-3-6-17-7-4-5-8-19(17)31-14-18(26)13-25-15(2)11-16-9-10-20-21(12-16)33-24(32-20,22(27)28)23(29)30/h3-5,7-10,12,15,18,25-26H,1,6,11,13-14H2,2H3,(H,27,28)(H,29,30)/t15-,18+/m0/s1. The minimum atomic E-state index is -2.78. The van der Waals surface area contributed by atoms with Crippen molar-refractivity contribution < 1.29 is 39.1 Å². The van der Waals surface area contributed by atoms with Crippen LogP contribution in [0.1, 0.15) is 18.1 Å². The van der Waals surface area contributed by atoms with Crippen LogP contribution in [0.15, 0.2) is 55.1 Å². The number of aliphatic hydroxyl groups is 1. The topological polar surface area (TPSA) is 135 Å². The number of carboxylic acids is 2. The average molecular weight is 457 g/mol. The van der Waals surface area contributed by atoms with Gasteiger partial charge in [0, 0.05) is 12.6 Å². The molecular formula is C24H27NO8. The van der Waals surface area contributed by atoms with Crippen LogP contribution in [0.5, 0.6) is 17.2 Å². The largest absolute Gasteiger partial charge is 0.491 e. The molecule has 0 bridgehead atoms. The van der Waals surface area contributed by atoms with Crippen LogP contribution < -0.4 is 19.5 Å². The fourth-order valence-corrected chi connectivity index (χ4v) is 3.42. The van der Waals surface area contributed by atoms with Gasteiger partial charge in [-0.15, -0.1) is 6.58 Å². The molecule has 33 heavy (non-hydrogen) atoms. The number of para-hydroxylation sites is 1. The van der Waals surface area contributed by atoms with Gasteiger partial charge in [-0.3, -0.25) is 0 Å². The van der Waals surface area contributed by atoms with Crippen molar-refractivity contribution in [3.8, 4) is 17.2 Å². The lowest BCUT2D eigenvalue weighted by molar-refractivity contribution is -0.194. The summed E-state index contributed by atoms with van der Waals surface area (Å²) in [6.45, 7) is 6.09. The van der Waals surface area contributed by atoms with E-state index in [9.17, 15) is 24.9 Å². The molecule has 9 heteroatoms. The average Bonchev–Trinajstić information content (AvgIpc) is 3.18. The van der Waals surface area contributed by atoms with Crippen molar-refractivity contribution in [3.05, 3.63) is 66.2 Å². The first-order valence-electron chi connectivity index (χ1n) is 10.5. The van der Waals surface area contributed by atoms with Crippen LogP contribution in [0.4, 0.5) is 0 Å². The minimum absolute atomic E-state index is 0.0446. The Balaban J connectivity index is 1.50. The monoisotopic (exact) mass is 457 g/mol. The Morgan fingerprint density at radius 2 is 1.85 bits per heavy atom. The van der Waals surface area contributed by atoms with Crippen LogP contribution in [-0.2, 0) is 22.4 Å². The van der Waals surface area contributed by atoms with Crippen molar-refractivity contribution in [1.82, 2.24) is 5.32 Å². The molecule has 3 rings (SSSR count). The number of hydrogen-bond donors (Lipinski definition) is 4. The van der Waals surface area contributed by atoms with Crippen LogP contribution in [0.3, 0.4) is 0 Å². The Kier molecular flexibility index (Phi) is 7.57. The van der Waals surface area contributed by atoms with Gasteiger partial charge < -0.3 is 34.8 Å². The molecule has 0 saturated heterocycles. The first-order valence-corrected chi connectivity index (χ1v) is 10.5. The van der Waals surface area contributed by atoms with Gasteiger partial charge in [-0.1, -0.05) is 30.3 Å². The summed E-state index contributed by atoms with van der Waals surface area (Å²) in [6.07, 6.45) is 2.27. The first kappa shape index (κ1) is 24.1. The zero-order chi connectivity index (χ0) is 24.0. The molecule has 1 aliphatic heterocycles. The normalized spacial score (nSPS) is 15.5. The SMILES string of the molecule is C=CCc1ccccc1OC[C@H](O)CN[C@@H](C)Cc1ccc2c(c1)OC(C(=O)O)(C(=O)O)O2. The summed E-state index contributed by atoms with van der Waals surface area (Å²) < 4.78 is 15.9. The van der Waals surface area contributed by atoms with Crippen LogP contribution in [0.2, 0.25) is 0 Å². The van der Waals surface area contributed by atoms with Gasteiger partial charge in [0.2, 0.25) is 0 Å². The summed E-state index contributed by atoms with van der Waals surface area (Å²) in [4.78, 5) is 22.7. The molecular weight excluding hydrogens is 430 g/mol. The number of ether oxygens (including phenoxy) is 3. The number of aliphatic carboxylic acids is 2. The number of carbonyl (C=O) groups is 2. The number of benzene rings is 2. The smallest absolute Gasteiger partial charge is 0.453 e. The fraction of sp³-hybridized carbons (Fsp3) is 0.333. The highest BCUT2D eigenvalue weighted by Crippen LogP contribution is 2.40. The molecule has 0 fully saturated rings. The molecule has 0 unspecified atom stereocenters. The Bertz CT molecular complexity index is 1010. The van der Waals surface area contributed by atoms with Gasteiger partial charge in [0.1, 0.15) is 18.5 Å². The lowest BCUT2D eigenvalue weighted by Gasteiger charge is -2.18. The number of nitrogens with one attached hydrogen (secondary N) is 1. The Hall–Kier alpha value is -3.56. The lowest BCUT2D eigenvalue weighted by Crippen LogP contribution is -2.54. The molecule has 2 atom stereocenters. The summed E-state index contributed by atoms with van der Waals surface area (Å²) in [5.74, 6) is -5.45. The van der Waals surface area contributed by atoms with E-state index in [2.05, 4.69) is 11.9 Å². The van der Waals surface area contributed by atoms with Crippen LogP contribution >= 0.6 is 0 Å². The third-order valence-electron chi connectivity index (χ3n) is 5.09. The highest BCUT2D eigenvalue weighted by atomic mass is 16.8. The third-order valence-corrected chi connectivity index (χ3v) is 5.09. The summed E-state index contributed by atoms with van der Waals surface area (Å²) in [5, 5.41) is 31.9. The lowest BCUT2D eigenvalue weighted by atomic mass is 10.1. The first-order chi connectivity index (χ1) is 15.7. The molecule has 2 aromatic rings. The van der Waals surface area contributed by atoms with Gasteiger partial charge in [-0.05, 0) is 49.1 Å². The van der Waals surface area contributed by atoms with E-state index < -0.39 is 23.8 Å². The number of aliphatic hydroxyl groups excluding tert-OH is 1. The maximum absolute atomic E-state index is 11.4. The van der Waals surface area contributed by atoms with Crippen LogP contribution in [-0.4, -0.2) is 58.3 Å². The second-order valence-corrected chi connectivity index (χ2v) is 7.79. The van der Waals surface area contributed by atoms with Gasteiger partial charge in [-0.25, -0.2) is 9.59 Å². The van der Waals surface area contributed by atoms with E-state index in [1.165, 1.54) is 6.07 Å². The van der Waals surface area contributed by atoms with Gasteiger partial charge in [-0.2, -0.15) is 0 Å². The molecule has 4 N–H and O–H groups in total. The second-order valence-electron chi connectivity index (χ2n) is 7.79. The Morgan fingerprint density at radius 3 is 2.55 bits per heavy atom. The number of carboxylic acid groups (broad SMARTS) is 2. The van der Waals surface area contributed by atoms with Crippen molar-refractivity contribution in [2.24, 2.45) is 0 Å². The molecule has 0 spiro atoms. The van der Waals surface area contributed by atoms with Crippen molar-refractivity contribution in [1.29, 1.82) is 0 Å². The molecule has 0 saturated carbocycles. The summed E-state index contributed by atoms with van der Waals surface area (Å²) in [7, 11) is 0. The molecule has 0 aromatic heterocycles. The maximum Gasteiger partial charge on any atom is 0.453 e. The fourth-order valence-electron chi connectivity index (χ4n) is 3.42. The Labute approximate surface area is 191 Å². The maximum atomic E-state index is 11.4. The molecule has 9 nitrogen and oxygen atoms in total. The van der Waals surface area contributed by atoms with Crippen LogP contribution in [0, 0.1) is 0 Å². The third kappa shape index (κ3) is 5.63. The number of fused-ring (bicyclic) bond motifs is 1. The molecule has 1 aliphatic rings. The van der Waals surface area contributed by atoms with Crippen molar-refractivity contribution >= 4 is 11.9 Å². The molecule has 0 aliphatic carbocycles. The highest BCUT2D eigenvalue weighted by Gasteiger charge is 2.57. The van der Waals surface area contributed by atoms with Gasteiger partial charge in [0.15, 0.2) is 11.5 Å². The van der Waals surface area contributed by atoms with Crippen molar-refractivity contribution in [3.63, 3.8) is 0 Å². The molecule has 0 radical (unpaired) electrons. The highest BCUT2D eigenvalue weighted by molar-refractivity contribution is 6.01. The predicted octanol–water partition coefficient (Wildman–Crippen LogP) is 2.01. The predicted molar refractivity (Wildman–Crippen MR) is 119 cm³/mol. The van der Waals surface area contributed by atoms with Gasteiger partial charge in [0.25, 0.3) is 0 Å². The summed E-state index contributed by atoms with van der Waals surface area (Å²) >= 11 is 0. The number of allylic oxidation sites excluding steroid dienone is 1. The zero-order valence-electron chi connectivity index (χ0n) is 18.2. The molecule has 176 valence electrons. The Morgan fingerprint density at radius 1 is 1.15 bits per heavy atom. The molecule has 1 heterocycles. The summed E-state index contributed by atoms with van der Waals surface area (Å²) in [5.41, 5.74) is 1.78. The van der Waals surface area contributed by atoms with E-state index in [-0.39, 0.29) is 24.1 Å². The van der Waals surface area contributed by atoms with E-state index in [0.717, 1.165) is 11.1 Å². The van der Waals surface area contributed by atoms with E-state index in [1.807, 2.05) is 31.2 Å². The van der Waals surface area contributed by atoms with Gasteiger partial charge >= 0.3 is 17.7 Å².